The summed E-state index contributed by atoms with van der Waals surface area (Å²) in [6, 6.07) is 25.1. The molecule has 1 atom stereocenters. The first-order chi connectivity index (χ1) is 18.6. The number of hydrogen-bond acceptors (Lipinski definition) is 5. The highest BCUT2D eigenvalue weighted by atomic mass is 19.1. The maximum atomic E-state index is 13.9. The summed E-state index contributed by atoms with van der Waals surface area (Å²) >= 11 is 0. The number of hydrogen-bond donors (Lipinski definition) is 1. The number of pyridine rings is 1. The zero-order valence-corrected chi connectivity index (χ0v) is 20.4. The zero-order chi connectivity index (χ0) is 26.3. The maximum Gasteiger partial charge on any atom is 0.247 e. The number of carbonyl (C=O) groups excluding carboxylic acids is 2. The summed E-state index contributed by atoms with van der Waals surface area (Å²) in [6.45, 7) is 0.239. The molecule has 0 unspecified atom stereocenters. The van der Waals surface area contributed by atoms with Crippen LogP contribution in [-0.4, -0.2) is 36.7 Å². The van der Waals surface area contributed by atoms with Gasteiger partial charge in [0.25, 0.3) is 0 Å². The van der Waals surface area contributed by atoms with Gasteiger partial charge in [-0.3, -0.25) is 14.6 Å². The van der Waals surface area contributed by atoms with Crippen molar-refractivity contribution >= 4 is 22.8 Å². The molecule has 0 radical (unpaired) electrons. The third-order valence-electron chi connectivity index (χ3n) is 6.16. The lowest BCUT2D eigenvalue weighted by Crippen LogP contribution is -2.44. The molecule has 2 heterocycles. The van der Waals surface area contributed by atoms with Gasteiger partial charge < -0.3 is 10.2 Å². The molecule has 38 heavy (non-hydrogen) atoms. The van der Waals surface area contributed by atoms with Crippen molar-refractivity contribution in [2.75, 3.05) is 0 Å². The highest BCUT2D eigenvalue weighted by Gasteiger charge is 2.32. The van der Waals surface area contributed by atoms with E-state index in [0.717, 1.165) is 16.6 Å². The molecule has 2 amide bonds. The molecule has 5 aromatic rings. The number of rotatable bonds is 9. The van der Waals surface area contributed by atoms with Crippen LogP contribution in [-0.2, 0) is 29.2 Å². The second-order valence-corrected chi connectivity index (χ2v) is 8.78. The van der Waals surface area contributed by atoms with Crippen LogP contribution in [0.3, 0.4) is 0 Å². The summed E-state index contributed by atoms with van der Waals surface area (Å²) in [6.07, 6.45) is 3.32. The molecule has 0 fully saturated rings. The SMILES string of the molecule is O=C(NCc1ccc(F)cc1)[C@H](c1ccccc1)N(Cc1cccnc1)C(=O)Cn1nnc2ccccc21. The van der Waals surface area contributed by atoms with Crippen molar-refractivity contribution in [2.45, 2.75) is 25.7 Å². The van der Waals surface area contributed by atoms with Crippen LogP contribution >= 0.6 is 0 Å². The van der Waals surface area contributed by atoms with Gasteiger partial charge in [-0.2, -0.15) is 0 Å². The Morgan fingerprint density at radius 2 is 1.66 bits per heavy atom. The normalized spacial score (nSPS) is 11.7. The molecule has 0 saturated carbocycles. The molecular weight excluding hydrogens is 483 g/mol. The van der Waals surface area contributed by atoms with Crippen LogP contribution < -0.4 is 5.32 Å². The van der Waals surface area contributed by atoms with Crippen molar-refractivity contribution in [3.05, 3.63) is 126 Å². The third kappa shape index (κ3) is 5.73. The van der Waals surface area contributed by atoms with Gasteiger partial charge in [0.2, 0.25) is 11.8 Å². The van der Waals surface area contributed by atoms with Crippen LogP contribution in [0.15, 0.2) is 103 Å². The standard InChI is InChI=1S/C29H25FN6O2/c30-24-14-12-21(13-15-24)18-32-29(38)28(23-8-2-1-3-9-23)35(19-22-7-6-16-31-17-22)27(37)20-36-26-11-5-4-10-25(26)33-34-36/h1-17,28H,18-20H2,(H,32,38)/t28-/m0/s1. The first kappa shape index (κ1) is 24.8. The number of halogens is 1. The Hall–Kier alpha value is -4.92. The van der Waals surface area contributed by atoms with Crippen LogP contribution in [0.5, 0.6) is 0 Å². The van der Waals surface area contributed by atoms with E-state index in [9.17, 15) is 14.0 Å². The lowest BCUT2D eigenvalue weighted by molar-refractivity contribution is -0.142. The predicted octanol–water partition coefficient (Wildman–Crippen LogP) is 4.05. The van der Waals surface area contributed by atoms with Crippen LogP contribution in [0, 0.1) is 5.82 Å². The number of benzene rings is 3. The number of nitrogens with one attached hydrogen (secondary N) is 1. The van der Waals surface area contributed by atoms with E-state index in [-0.39, 0.29) is 37.3 Å². The number of carbonyl (C=O) groups is 2. The quantitative estimate of drug-likeness (QED) is 0.324. The molecule has 1 N–H and O–H groups in total. The maximum absolute atomic E-state index is 13.9. The Kier molecular flexibility index (Phi) is 7.44. The van der Waals surface area contributed by atoms with Gasteiger partial charge in [0.15, 0.2) is 0 Å². The Morgan fingerprint density at radius 3 is 2.42 bits per heavy atom. The minimum absolute atomic E-state index is 0.102. The van der Waals surface area contributed by atoms with Gasteiger partial charge in [0, 0.05) is 25.5 Å². The van der Waals surface area contributed by atoms with Crippen LogP contribution in [0.1, 0.15) is 22.7 Å². The van der Waals surface area contributed by atoms with Crippen LogP contribution in [0.25, 0.3) is 11.0 Å². The van der Waals surface area contributed by atoms with Gasteiger partial charge >= 0.3 is 0 Å². The summed E-state index contributed by atoms with van der Waals surface area (Å²) < 4.78 is 14.9. The smallest absolute Gasteiger partial charge is 0.247 e. The molecule has 0 aliphatic carbocycles. The molecule has 0 aliphatic heterocycles. The van der Waals surface area contributed by atoms with Crippen molar-refractivity contribution in [1.82, 2.24) is 30.2 Å². The first-order valence-corrected chi connectivity index (χ1v) is 12.1. The average Bonchev–Trinajstić information content (AvgIpc) is 3.36. The van der Waals surface area contributed by atoms with E-state index < -0.39 is 6.04 Å². The van der Waals surface area contributed by atoms with E-state index in [1.165, 1.54) is 21.7 Å². The number of para-hydroxylation sites is 1. The molecule has 9 heteroatoms. The molecule has 5 rings (SSSR count). The summed E-state index contributed by atoms with van der Waals surface area (Å²) in [5.41, 5.74) is 3.57. The highest BCUT2D eigenvalue weighted by Crippen LogP contribution is 2.25. The second kappa shape index (κ2) is 11.4. The number of amides is 2. The first-order valence-electron chi connectivity index (χ1n) is 12.1. The summed E-state index contributed by atoms with van der Waals surface area (Å²) in [4.78, 5) is 33.3. The van der Waals surface area contributed by atoms with Gasteiger partial charge in [-0.1, -0.05) is 65.9 Å². The molecular formula is C29H25FN6O2. The Balaban J connectivity index is 1.48. The predicted molar refractivity (Wildman–Crippen MR) is 140 cm³/mol. The van der Waals surface area contributed by atoms with Crippen molar-refractivity contribution in [2.24, 2.45) is 0 Å². The Bertz CT molecular complexity index is 1520. The third-order valence-corrected chi connectivity index (χ3v) is 6.16. The second-order valence-electron chi connectivity index (χ2n) is 8.78. The van der Waals surface area contributed by atoms with Gasteiger partial charge in [0.1, 0.15) is 23.9 Å². The largest absolute Gasteiger partial charge is 0.350 e. The van der Waals surface area contributed by atoms with Crippen molar-refractivity contribution in [1.29, 1.82) is 0 Å². The van der Waals surface area contributed by atoms with Crippen molar-refractivity contribution < 1.29 is 14.0 Å². The molecule has 0 aliphatic rings. The van der Waals surface area contributed by atoms with Gasteiger partial charge in [0.05, 0.1) is 5.52 Å². The fraction of sp³-hybridized carbons (Fsp3) is 0.138. The van der Waals surface area contributed by atoms with E-state index in [0.29, 0.717) is 11.1 Å². The fourth-order valence-electron chi connectivity index (χ4n) is 4.26. The molecule has 0 spiro atoms. The number of nitrogens with zero attached hydrogens (tertiary/aromatic N) is 5. The molecule has 0 bridgehead atoms. The van der Waals surface area contributed by atoms with E-state index in [2.05, 4.69) is 20.6 Å². The Labute approximate surface area is 218 Å². The average molecular weight is 509 g/mol. The lowest BCUT2D eigenvalue weighted by Gasteiger charge is -2.31. The summed E-state index contributed by atoms with van der Waals surface area (Å²) in [5, 5.41) is 11.2. The molecule has 2 aromatic heterocycles. The topological polar surface area (TPSA) is 93.0 Å². The molecule has 3 aromatic carbocycles. The summed E-state index contributed by atoms with van der Waals surface area (Å²) in [5.74, 6) is -1.02. The molecule has 0 saturated heterocycles. The van der Waals surface area contributed by atoms with Gasteiger partial charge in [-0.05, 0) is 47.0 Å². The van der Waals surface area contributed by atoms with Gasteiger partial charge in [-0.25, -0.2) is 9.07 Å². The number of fused-ring (bicyclic) bond motifs is 1. The van der Waals surface area contributed by atoms with Crippen molar-refractivity contribution in [3.8, 4) is 0 Å². The minimum Gasteiger partial charge on any atom is -0.350 e. The highest BCUT2D eigenvalue weighted by molar-refractivity contribution is 5.89. The van der Waals surface area contributed by atoms with Crippen molar-refractivity contribution in [3.63, 3.8) is 0 Å². The zero-order valence-electron chi connectivity index (χ0n) is 20.4. The Morgan fingerprint density at radius 1 is 0.895 bits per heavy atom. The lowest BCUT2D eigenvalue weighted by atomic mass is 10.0. The molecule has 8 nitrogen and oxygen atoms in total. The monoisotopic (exact) mass is 508 g/mol. The minimum atomic E-state index is -0.931. The molecule has 190 valence electrons. The van der Waals surface area contributed by atoms with E-state index in [1.807, 2.05) is 60.7 Å². The fourth-order valence-corrected chi connectivity index (χ4v) is 4.26. The van der Waals surface area contributed by atoms with Crippen LogP contribution in [0.2, 0.25) is 0 Å². The summed E-state index contributed by atoms with van der Waals surface area (Å²) in [7, 11) is 0. The van der Waals surface area contributed by atoms with Gasteiger partial charge in [-0.15, -0.1) is 5.10 Å². The van der Waals surface area contributed by atoms with E-state index in [1.54, 1.807) is 30.6 Å². The van der Waals surface area contributed by atoms with E-state index >= 15 is 0 Å². The van der Waals surface area contributed by atoms with Crippen LogP contribution in [0.4, 0.5) is 4.39 Å². The van der Waals surface area contributed by atoms with E-state index in [4.69, 9.17) is 0 Å². The number of aromatic nitrogens is 4.